The molecule has 1 amide bonds. The first kappa shape index (κ1) is 15.8. The highest BCUT2D eigenvalue weighted by molar-refractivity contribution is 6.34. The standard InChI is InChI=1S/C16H19ClN4O2/c1-20-10-13(19-11-20)9-18-12-2-3-14(15(17)8-12)16(22)21-4-6-23-7-5-21/h2-3,8,10-11,18H,4-7,9H2,1H3. The highest BCUT2D eigenvalue weighted by Crippen LogP contribution is 2.23. The molecule has 0 bridgehead atoms. The number of nitrogens with zero attached hydrogens (tertiary/aromatic N) is 3. The van der Waals surface area contributed by atoms with Crippen molar-refractivity contribution in [2.45, 2.75) is 6.54 Å². The smallest absolute Gasteiger partial charge is 0.255 e. The van der Waals surface area contributed by atoms with Gasteiger partial charge in [-0.25, -0.2) is 4.98 Å². The molecule has 0 saturated carbocycles. The summed E-state index contributed by atoms with van der Waals surface area (Å²) in [6, 6.07) is 5.40. The number of halogens is 1. The summed E-state index contributed by atoms with van der Waals surface area (Å²) in [5.74, 6) is -0.0467. The van der Waals surface area contributed by atoms with Gasteiger partial charge in [0.05, 0.1) is 42.4 Å². The molecule has 1 aliphatic rings. The fraction of sp³-hybridized carbons (Fsp3) is 0.375. The Morgan fingerprint density at radius 1 is 1.39 bits per heavy atom. The molecule has 23 heavy (non-hydrogen) atoms. The number of amides is 1. The number of rotatable bonds is 4. The van der Waals surface area contributed by atoms with Crippen molar-refractivity contribution in [1.82, 2.24) is 14.5 Å². The van der Waals surface area contributed by atoms with Crippen molar-refractivity contribution in [2.24, 2.45) is 7.05 Å². The maximum absolute atomic E-state index is 12.5. The van der Waals surface area contributed by atoms with Crippen molar-refractivity contribution in [2.75, 3.05) is 31.6 Å². The van der Waals surface area contributed by atoms with Gasteiger partial charge in [-0.15, -0.1) is 0 Å². The quantitative estimate of drug-likeness (QED) is 0.931. The first-order chi connectivity index (χ1) is 11.1. The van der Waals surface area contributed by atoms with Crippen LogP contribution in [0.1, 0.15) is 16.1 Å². The van der Waals surface area contributed by atoms with Crippen molar-refractivity contribution >= 4 is 23.2 Å². The van der Waals surface area contributed by atoms with Crippen LogP contribution in [0, 0.1) is 0 Å². The van der Waals surface area contributed by atoms with E-state index in [0.717, 1.165) is 11.4 Å². The molecule has 1 aromatic heterocycles. The Morgan fingerprint density at radius 3 is 2.83 bits per heavy atom. The van der Waals surface area contributed by atoms with Crippen LogP contribution < -0.4 is 5.32 Å². The van der Waals surface area contributed by atoms with E-state index >= 15 is 0 Å². The van der Waals surface area contributed by atoms with Crippen molar-refractivity contribution in [1.29, 1.82) is 0 Å². The molecule has 1 aliphatic heterocycles. The normalized spacial score (nSPS) is 14.8. The summed E-state index contributed by atoms with van der Waals surface area (Å²) in [5.41, 5.74) is 2.33. The van der Waals surface area contributed by atoms with Crippen LogP contribution in [-0.4, -0.2) is 46.7 Å². The van der Waals surface area contributed by atoms with Gasteiger partial charge in [0, 0.05) is 32.0 Å². The van der Waals surface area contributed by atoms with Gasteiger partial charge in [-0.1, -0.05) is 11.6 Å². The van der Waals surface area contributed by atoms with Gasteiger partial charge in [-0.05, 0) is 18.2 Å². The van der Waals surface area contributed by atoms with Gasteiger partial charge in [0.25, 0.3) is 5.91 Å². The lowest BCUT2D eigenvalue weighted by atomic mass is 10.1. The lowest BCUT2D eigenvalue weighted by Crippen LogP contribution is -2.40. The van der Waals surface area contributed by atoms with E-state index in [9.17, 15) is 4.79 Å². The molecule has 0 aliphatic carbocycles. The Morgan fingerprint density at radius 2 is 2.17 bits per heavy atom. The number of aromatic nitrogens is 2. The molecule has 6 nitrogen and oxygen atoms in total. The van der Waals surface area contributed by atoms with E-state index in [1.807, 2.05) is 23.9 Å². The van der Waals surface area contributed by atoms with Crippen molar-refractivity contribution in [3.05, 3.63) is 47.0 Å². The van der Waals surface area contributed by atoms with Crippen LogP contribution in [0.5, 0.6) is 0 Å². The molecular formula is C16H19ClN4O2. The van der Waals surface area contributed by atoms with Crippen LogP contribution in [0.4, 0.5) is 5.69 Å². The number of anilines is 1. The van der Waals surface area contributed by atoms with Gasteiger partial charge in [-0.3, -0.25) is 4.79 Å². The minimum atomic E-state index is -0.0467. The van der Waals surface area contributed by atoms with E-state index in [4.69, 9.17) is 16.3 Å². The molecular weight excluding hydrogens is 316 g/mol. The molecule has 7 heteroatoms. The van der Waals surface area contributed by atoms with E-state index in [1.54, 1.807) is 23.4 Å². The second-order valence-electron chi connectivity index (χ2n) is 5.48. The van der Waals surface area contributed by atoms with E-state index in [2.05, 4.69) is 10.3 Å². The van der Waals surface area contributed by atoms with E-state index in [0.29, 0.717) is 43.4 Å². The molecule has 1 saturated heterocycles. The largest absolute Gasteiger partial charge is 0.379 e. The highest BCUT2D eigenvalue weighted by atomic mass is 35.5. The SMILES string of the molecule is Cn1cnc(CNc2ccc(C(=O)N3CCOCC3)c(Cl)c2)c1. The average Bonchev–Trinajstić information content (AvgIpc) is 2.99. The van der Waals surface area contributed by atoms with Gasteiger partial charge < -0.3 is 19.5 Å². The summed E-state index contributed by atoms with van der Waals surface area (Å²) in [6.45, 7) is 2.97. The zero-order valence-corrected chi connectivity index (χ0v) is 13.7. The first-order valence-corrected chi connectivity index (χ1v) is 7.88. The molecule has 2 aromatic rings. The Balaban J connectivity index is 1.66. The molecule has 2 heterocycles. The lowest BCUT2D eigenvalue weighted by molar-refractivity contribution is 0.0303. The summed E-state index contributed by atoms with van der Waals surface area (Å²) in [7, 11) is 1.93. The first-order valence-electron chi connectivity index (χ1n) is 7.51. The molecule has 0 atom stereocenters. The topological polar surface area (TPSA) is 59.4 Å². The number of carbonyl (C=O) groups is 1. The van der Waals surface area contributed by atoms with Crippen LogP contribution in [-0.2, 0) is 18.3 Å². The van der Waals surface area contributed by atoms with E-state index in [1.165, 1.54) is 0 Å². The molecule has 1 fully saturated rings. The third-order valence-electron chi connectivity index (χ3n) is 3.73. The highest BCUT2D eigenvalue weighted by Gasteiger charge is 2.20. The maximum Gasteiger partial charge on any atom is 0.255 e. The zero-order valence-electron chi connectivity index (χ0n) is 13.0. The Kier molecular flexibility index (Phi) is 4.83. The summed E-state index contributed by atoms with van der Waals surface area (Å²) in [6.07, 6.45) is 3.71. The summed E-state index contributed by atoms with van der Waals surface area (Å²) >= 11 is 6.29. The molecule has 3 rings (SSSR count). The van der Waals surface area contributed by atoms with Crippen LogP contribution in [0.15, 0.2) is 30.7 Å². The van der Waals surface area contributed by atoms with E-state index < -0.39 is 0 Å². The van der Waals surface area contributed by atoms with Crippen LogP contribution in [0.25, 0.3) is 0 Å². The number of ether oxygens (including phenoxy) is 1. The number of aryl methyl sites for hydroxylation is 1. The molecule has 122 valence electrons. The minimum Gasteiger partial charge on any atom is -0.379 e. The number of imidazole rings is 1. The summed E-state index contributed by atoms with van der Waals surface area (Å²) in [4.78, 5) is 18.5. The fourth-order valence-corrected chi connectivity index (χ4v) is 2.75. The second kappa shape index (κ2) is 7.02. The number of hydrogen-bond donors (Lipinski definition) is 1. The Bertz CT molecular complexity index is 695. The number of morpholine rings is 1. The predicted molar refractivity (Wildman–Crippen MR) is 88.7 cm³/mol. The van der Waals surface area contributed by atoms with Gasteiger partial charge in [0.1, 0.15) is 0 Å². The van der Waals surface area contributed by atoms with Crippen molar-refractivity contribution in [3.63, 3.8) is 0 Å². The van der Waals surface area contributed by atoms with Gasteiger partial charge in [0.2, 0.25) is 0 Å². The number of carbonyl (C=O) groups excluding carboxylic acids is 1. The molecule has 1 aromatic carbocycles. The molecule has 1 N–H and O–H groups in total. The van der Waals surface area contributed by atoms with Gasteiger partial charge in [0.15, 0.2) is 0 Å². The Hall–Kier alpha value is -2.05. The van der Waals surface area contributed by atoms with Crippen LogP contribution in [0.3, 0.4) is 0 Å². The van der Waals surface area contributed by atoms with Gasteiger partial charge >= 0.3 is 0 Å². The summed E-state index contributed by atoms with van der Waals surface area (Å²) in [5, 5.41) is 3.71. The zero-order chi connectivity index (χ0) is 16.2. The van der Waals surface area contributed by atoms with Crippen molar-refractivity contribution < 1.29 is 9.53 Å². The monoisotopic (exact) mass is 334 g/mol. The third-order valence-corrected chi connectivity index (χ3v) is 4.04. The Labute approximate surface area is 140 Å². The second-order valence-corrected chi connectivity index (χ2v) is 5.89. The number of benzene rings is 1. The molecule has 0 unspecified atom stereocenters. The maximum atomic E-state index is 12.5. The minimum absolute atomic E-state index is 0.0467. The predicted octanol–water partition coefficient (Wildman–Crippen LogP) is 2.16. The fourth-order valence-electron chi connectivity index (χ4n) is 2.49. The average molecular weight is 335 g/mol. The van der Waals surface area contributed by atoms with Crippen LogP contribution in [0.2, 0.25) is 5.02 Å². The van der Waals surface area contributed by atoms with Crippen LogP contribution >= 0.6 is 11.6 Å². The van der Waals surface area contributed by atoms with Crippen molar-refractivity contribution in [3.8, 4) is 0 Å². The number of nitrogens with one attached hydrogen (secondary N) is 1. The summed E-state index contributed by atoms with van der Waals surface area (Å²) < 4.78 is 7.16. The lowest BCUT2D eigenvalue weighted by Gasteiger charge is -2.27. The molecule has 0 spiro atoms. The third kappa shape index (κ3) is 3.83. The van der Waals surface area contributed by atoms with E-state index in [-0.39, 0.29) is 5.91 Å². The molecule has 0 radical (unpaired) electrons. The number of hydrogen-bond acceptors (Lipinski definition) is 4. The van der Waals surface area contributed by atoms with Gasteiger partial charge in [-0.2, -0.15) is 0 Å².